The number of fused-ring (bicyclic) bond motifs is 9. The largest absolute Gasteiger partial charge is 0.309 e. The first-order chi connectivity index (χ1) is 26.1. The van der Waals surface area contributed by atoms with Gasteiger partial charge in [0, 0.05) is 38.2 Å². The van der Waals surface area contributed by atoms with Gasteiger partial charge >= 0.3 is 0 Å². The summed E-state index contributed by atoms with van der Waals surface area (Å²) in [6, 6.07) is 67.1. The molecule has 1 aliphatic carbocycles. The van der Waals surface area contributed by atoms with Gasteiger partial charge in [-0.25, -0.2) is 0 Å². The molecule has 2 heterocycles. The molecule has 8 aromatic carbocycles. The Hall–Kier alpha value is -6.64. The molecule has 0 radical (unpaired) electrons. The van der Waals surface area contributed by atoms with Crippen LogP contribution in [0.3, 0.4) is 0 Å². The second kappa shape index (κ2) is 11.2. The van der Waals surface area contributed by atoms with E-state index in [4.69, 9.17) is 0 Å². The van der Waals surface area contributed by atoms with Crippen molar-refractivity contribution < 1.29 is 0 Å². The van der Waals surface area contributed by atoms with Gasteiger partial charge in [0.05, 0.1) is 27.8 Å². The summed E-state index contributed by atoms with van der Waals surface area (Å²) in [6.07, 6.45) is 0. The van der Waals surface area contributed by atoms with E-state index in [-0.39, 0.29) is 5.41 Å². The molecule has 0 amide bonds. The lowest BCUT2D eigenvalue weighted by Gasteiger charge is -2.21. The monoisotopic (exact) mass is 676 g/mol. The van der Waals surface area contributed by atoms with Crippen LogP contribution in [0.2, 0.25) is 0 Å². The van der Waals surface area contributed by atoms with Crippen LogP contribution in [0.15, 0.2) is 182 Å². The summed E-state index contributed by atoms with van der Waals surface area (Å²) < 4.78 is 5.00. The zero-order valence-corrected chi connectivity index (χ0v) is 29.7. The topological polar surface area (TPSA) is 9.86 Å². The van der Waals surface area contributed by atoms with E-state index < -0.39 is 0 Å². The van der Waals surface area contributed by atoms with E-state index in [0.29, 0.717) is 0 Å². The van der Waals surface area contributed by atoms with E-state index >= 15 is 0 Å². The van der Waals surface area contributed by atoms with E-state index in [0.717, 1.165) is 5.69 Å². The Kier molecular flexibility index (Phi) is 6.33. The quantitative estimate of drug-likeness (QED) is 0.176. The predicted molar refractivity (Wildman–Crippen MR) is 224 cm³/mol. The molecule has 10 aromatic rings. The number of hydrogen-bond donors (Lipinski definition) is 0. The highest BCUT2D eigenvalue weighted by Crippen LogP contribution is 2.52. The fraction of sp³-hybridized carbons (Fsp3) is 0.0588. The molecule has 1 aliphatic rings. The van der Waals surface area contributed by atoms with Gasteiger partial charge in [-0.3, -0.25) is 0 Å². The average Bonchev–Trinajstić information content (AvgIpc) is 3.80. The molecular formula is C51H36N2. The van der Waals surface area contributed by atoms with Gasteiger partial charge in [-0.2, -0.15) is 0 Å². The minimum absolute atomic E-state index is 0.0751. The minimum Gasteiger partial charge on any atom is -0.309 e. The maximum absolute atomic E-state index is 2.52. The zero-order valence-electron chi connectivity index (χ0n) is 29.7. The molecule has 0 aliphatic heterocycles. The van der Waals surface area contributed by atoms with Gasteiger partial charge in [0.2, 0.25) is 0 Å². The van der Waals surface area contributed by atoms with Gasteiger partial charge in [-0.05, 0) is 87.5 Å². The van der Waals surface area contributed by atoms with Crippen molar-refractivity contribution >= 4 is 43.6 Å². The number of aromatic nitrogens is 2. The number of para-hydroxylation sites is 2. The van der Waals surface area contributed by atoms with Crippen molar-refractivity contribution in [3.05, 3.63) is 193 Å². The fourth-order valence-electron chi connectivity index (χ4n) is 9.22. The van der Waals surface area contributed by atoms with Crippen LogP contribution in [0.4, 0.5) is 0 Å². The summed E-state index contributed by atoms with van der Waals surface area (Å²) in [4.78, 5) is 0. The minimum atomic E-state index is -0.0751. The summed E-state index contributed by atoms with van der Waals surface area (Å²) in [5, 5.41) is 5.00. The highest BCUT2D eigenvalue weighted by atomic mass is 15.0. The predicted octanol–water partition coefficient (Wildman–Crippen LogP) is 13.5. The molecule has 0 fully saturated rings. The van der Waals surface area contributed by atoms with Gasteiger partial charge in [-0.1, -0.05) is 147 Å². The van der Waals surface area contributed by atoms with Gasteiger partial charge in [0.15, 0.2) is 0 Å². The Morgan fingerprint density at radius 2 is 0.868 bits per heavy atom. The third-order valence-electron chi connectivity index (χ3n) is 11.7. The molecule has 2 heteroatoms. The number of nitrogens with zero attached hydrogens (tertiary/aromatic N) is 2. The highest BCUT2D eigenvalue weighted by Gasteiger charge is 2.37. The SMILES string of the molecule is CC1(C)c2ccccc2-c2c(-n3c4ccccc4c4cc5c(cc43)c3ccccc3n5-c3cc(-c4ccccc4)cc(-c4ccccc4)c3)cccc21. The zero-order chi connectivity index (χ0) is 35.3. The third kappa shape index (κ3) is 4.33. The van der Waals surface area contributed by atoms with Crippen molar-refractivity contribution in [1.82, 2.24) is 9.13 Å². The van der Waals surface area contributed by atoms with Crippen LogP contribution in [0.1, 0.15) is 25.0 Å². The first-order valence-corrected chi connectivity index (χ1v) is 18.5. The van der Waals surface area contributed by atoms with Gasteiger partial charge in [0.1, 0.15) is 0 Å². The van der Waals surface area contributed by atoms with Crippen LogP contribution in [-0.2, 0) is 5.41 Å². The van der Waals surface area contributed by atoms with Crippen molar-refractivity contribution in [3.8, 4) is 44.8 Å². The van der Waals surface area contributed by atoms with Crippen LogP contribution in [0, 0.1) is 0 Å². The molecule has 0 bridgehead atoms. The Labute approximate surface area is 308 Å². The molecule has 0 spiro atoms. The van der Waals surface area contributed by atoms with Crippen molar-refractivity contribution in [2.24, 2.45) is 0 Å². The van der Waals surface area contributed by atoms with Gasteiger partial charge in [-0.15, -0.1) is 0 Å². The first-order valence-electron chi connectivity index (χ1n) is 18.5. The van der Waals surface area contributed by atoms with Crippen molar-refractivity contribution in [2.75, 3.05) is 0 Å². The molecule has 0 atom stereocenters. The van der Waals surface area contributed by atoms with Gasteiger partial charge in [0.25, 0.3) is 0 Å². The van der Waals surface area contributed by atoms with Gasteiger partial charge < -0.3 is 9.13 Å². The van der Waals surface area contributed by atoms with Crippen LogP contribution < -0.4 is 0 Å². The molecule has 250 valence electrons. The third-order valence-corrected chi connectivity index (χ3v) is 11.7. The number of benzene rings is 8. The van der Waals surface area contributed by atoms with Crippen LogP contribution in [0.5, 0.6) is 0 Å². The second-order valence-electron chi connectivity index (χ2n) is 15.0. The van der Waals surface area contributed by atoms with Crippen molar-refractivity contribution in [1.29, 1.82) is 0 Å². The average molecular weight is 677 g/mol. The molecule has 0 saturated carbocycles. The molecular weight excluding hydrogens is 641 g/mol. The van der Waals surface area contributed by atoms with E-state index in [1.54, 1.807) is 0 Å². The molecule has 53 heavy (non-hydrogen) atoms. The lowest BCUT2D eigenvalue weighted by molar-refractivity contribution is 0.660. The van der Waals surface area contributed by atoms with E-state index in [9.17, 15) is 0 Å². The Bertz CT molecular complexity index is 3010. The lowest BCUT2D eigenvalue weighted by Crippen LogP contribution is -2.14. The Balaban J connectivity index is 1.24. The summed E-state index contributed by atoms with van der Waals surface area (Å²) in [6.45, 7) is 4.73. The van der Waals surface area contributed by atoms with Crippen molar-refractivity contribution in [3.63, 3.8) is 0 Å². The molecule has 2 aromatic heterocycles. The maximum atomic E-state index is 2.52. The number of rotatable bonds is 4. The molecule has 0 saturated heterocycles. The van der Waals surface area contributed by atoms with E-state index in [1.807, 2.05) is 0 Å². The van der Waals surface area contributed by atoms with Crippen LogP contribution >= 0.6 is 0 Å². The standard InChI is InChI=1S/C51H36N2/c1-51(2)43-23-12-9-22-40(43)50-44(51)24-15-27-47(50)53-46-26-14-11-21-39(46)42-31-48-41(32-49(42)53)38-20-10-13-25-45(38)52(48)37-29-35(33-16-5-3-6-17-33)28-36(30-37)34-18-7-4-8-19-34/h3-32H,1-2H3. The highest BCUT2D eigenvalue weighted by molar-refractivity contribution is 6.19. The molecule has 11 rings (SSSR count). The molecule has 0 unspecified atom stereocenters. The summed E-state index contributed by atoms with van der Waals surface area (Å²) in [5.41, 5.74) is 17.4. The van der Waals surface area contributed by atoms with Crippen LogP contribution in [-0.4, -0.2) is 9.13 Å². The Morgan fingerprint density at radius 1 is 0.358 bits per heavy atom. The summed E-state index contributed by atoms with van der Waals surface area (Å²) in [5.74, 6) is 0. The van der Waals surface area contributed by atoms with Crippen LogP contribution in [0.25, 0.3) is 88.4 Å². The van der Waals surface area contributed by atoms with Crippen molar-refractivity contribution in [2.45, 2.75) is 19.3 Å². The summed E-state index contributed by atoms with van der Waals surface area (Å²) in [7, 11) is 0. The second-order valence-corrected chi connectivity index (χ2v) is 15.0. The fourth-order valence-corrected chi connectivity index (χ4v) is 9.22. The van der Waals surface area contributed by atoms with E-state index in [2.05, 4.69) is 205 Å². The maximum Gasteiger partial charge on any atom is 0.0549 e. The Morgan fingerprint density at radius 3 is 1.51 bits per heavy atom. The first kappa shape index (κ1) is 30.0. The van der Waals surface area contributed by atoms with E-state index in [1.165, 1.54) is 93.8 Å². The molecule has 0 N–H and O–H groups in total. The molecule has 2 nitrogen and oxygen atoms in total. The normalized spacial score (nSPS) is 13.2. The summed E-state index contributed by atoms with van der Waals surface area (Å²) >= 11 is 0. The smallest absolute Gasteiger partial charge is 0.0549 e. The number of hydrogen-bond acceptors (Lipinski definition) is 0. The lowest BCUT2D eigenvalue weighted by atomic mass is 9.82.